The molecule has 2 rings (SSSR count). The van der Waals surface area contributed by atoms with E-state index in [1.165, 1.54) is 45.1 Å². The predicted octanol–water partition coefficient (Wildman–Crippen LogP) is 3.66. The molecule has 2 fully saturated rings. The van der Waals surface area contributed by atoms with Gasteiger partial charge in [0.1, 0.15) is 0 Å². The average molecular weight is 266 g/mol. The van der Waals surface area contributed by atoms with E-state index in [4.69, 9.17) is 0 Å². The van der Waals surface area contributed by atoms with Crippen LogP contribution in [0, 0.1) is 11.3 Å². The number of hydrogen-bond acceptors (Lipinski definition) is 2. The van der Waals surface area contributed by atoms with Crippen molar-refractivity contribution in [2.24, 2.45) is 11.3 Å². The summed E-state index contributed by atoms with van der Waals surface area (Å²) in [5.41, 5.74) is 0.471. The molecular formula is C17H34N2. The minimum atomic E-state index is 0.471. The fourth-order valence-corrected chi connectivity index (χ4v) is 3.70. The van der Waals surface area contributed by atoms with Crippen LogP contribution >= 0.6 is 0 Å². The lowest BCUT2D eigenvalue weighted by Gasteiger charge is -2.45. The summed E-state index contributed by atoms with van der Waals surface area (Å²) in [7, 11) is 2.37. The zero-order valence-electron chi connectivity index (χ0n) is 13.7. The molecule has 19 heavy (non-hydrogen) atoms. The Kier molecular flexibility index (Phi) is 4.94. The number of nitrogens with zero attached hydrogens (tertiary/aromatic N) is 1. The number of nitrogens with one attached hydrogen (secondary N) is 1. The first-order chi connectivity index (χ1) is 8.93. The molecule has 0 spiro atoms. The van der Waals surface area contributed by atoms with Gasteiger partial charge in [-0.2, -0.15) is 0 Å². The first-order valence-corrected chi connectivity index (χ1v) is 8.38. The van der Waals surface area contributed by atoms with Gasteiger partial charge in [-0.1, -0.05) is 27.7 Å². The molecule has 2 heteroatoms. The largest absolute Gasteiger partial charge is 0.312 e. The van der Waals surface area contributed by atoms with Crippen LogP contribution in [0.2, 0.25) is 0 Å². The fraction of sp³-hybridized carbons (Fsp3) is 1.00. The molecule has 0 radical (unpaired) electrons. The molecule has 3 unspecified atom stereocenters. The Morgan fingerprint density at radius 1 is 1.11 bits per heavy atom. The molecule has 2 saturated carbocycles. The van der Waals surface area contributed by atoms with Crippen LogP contribution in [0.1, 0.15) is 66.2 Å². The standard InChI is InChI=1S/C17H34N2/c1-6-11-18-15-10-7-13(17(2,3)4)12-16(15)19(5)14-8-9-14/h13-16,18H,6-12H2,1-5H3. The molecule has 0 amide bonds. The van der Waals surface area contributed by atoms with Gasteiger partial charge in [0.05, 0.1) is 0 Å². The van der Waals surface area contributed by atoms with Crippen LogP contribution < -0.4 is 5.32 Å². The monoisotopic (exact) mass is 266 g/mol. The van der Waals surface area contributed by atoms with Crippen molar-refractivity contribution in [2.75, 3.05) is 13.6 Å². The van der Waals surface area contributed by atoms with Crippen molar-refractivity contribution in [3.63, 3.8) is 0 Å². The van der Waals surface area contributed by atoms with Crippen LogP contribution in [0.4, 0.5) is 0 Å². The van der Waals surface area contributed by atoms with E-state index in [1.54, 1.807) is 0 Å². The summed E-state index contributed by atoms with van der Waals surface area (Å²) >= 11 is 0. The molecule has 3 atom stereocenters. The highest BCUT2D eigenvalue weighted by molar-refractivity contribution is 4.97. The highest BCUT2D eigenvalue weighted by atomic mass is 15.2. The minimum Gasteiger partial charge on any atom is -0.312 e. The highest BCUT2D eigenvalue weighted by Crippen LogP contribution is 2.41. The molecule has 0 aromatic heterocycles. The van der Waals surface area contributed by atoms with Crippen molar-refractivity contribution in [1.29, 1.82) is 0 Å². The molecule has 0 bridgehead atoms. The van der Waals surface area contributed by atoms with Gasteiger partial charge in [-0.05, 0) is 63.5 Å². The first kappa shape index (κ1) is 15.3. The van der Waals surface area contributed by atoms with E-state index in [0.29, 0.717) is 5.41 Å². The Hall–Kier alpha value is -0.0800. The summed E-state index contributed by atoms with van der Waals surface area (Å²) in [6.07, 6.45) is 8.25. The second kappa shape index (κ2) is 6.13. The zero-order chi connectivity index (χ0) is 14.0. The van der Waals surface area contributed by atoms with Crippen molar-refractivity contribution in [2.45, 2.75) is 84.3 Å². The lowest BCUT2D eigenvalue weighted by Crippen LogP contribution is -2.54. The SMILES string of the molecule is CCCNC1CCC(C(C)(C)C)CC1N(C)C1CC1. The summed E-state index contributed by atoms with van der Waals surface area (Å²) in [5, 5.41) is 3.82. The molecule has 0 heterocycles. The molecule has 2 aliphatic carbocycles. The van der Waals surface area contributed by atoms with Crippen LogP contribution in [-0.2, 0) is 0 Å². The molecule has 2 nitrogen and oxygen atoms in total. The highest BCUT2D eigenvalue weighted by Gasteiger charge is 2.41. The average Bonchev–Trinajstić information content (AvgIpc) is 3.18. The van der Waals surface area contributed by atoms with E-state index in [2.05, 4.69) is 45.0 Å². The van der Waals surface area contributed by atoms with Crippen LogP contribution in [0.3, 0.4) is 0 Å². The third-order valence-corrected chi connectivity index (χ3v) is 5.34. The molecule has 0 saturated heterocycles. The quantitative estimate of drug-likeness (QED) is 0.817. The van der Waals surface area contributed by atoms with Crippen LogP contribution in [0.25, 0.3) is 0 Å². The van der Waals surface area contributed by atoms with Gasteiger partial charge in [0.25, 0.3) is 0 Å². The van der Waals surface area contributed by atoms with Crippen molar-refractivity contribution in [1.82, 2.24) is 10.2 Å². The Morgan fingerprint density at radius 3 is 2.32 bits per heavy atom. The first-order valence-electron chi connectivity index (χ1n) is 8.38. The minimum absolute atomic E-state index is 0.471. The van der Waals surface area contributed by atoms with Gasteiger partial charge < -0.3 is 5.32 Å². The fourth-order valence-electron chi connectivity index (χ4n) is 3.70. The van der Waals surface area contributed by atoms with Gasteiger partial charge >= 0.3 is 0 Å². The van der Waals surface area contributed by atoms with E-state index >= 15 is 0 Å². The second-order valence-electron chi connectivity index (χ2n) is 7.90. The van der Waals surface area contributed by atoms with E-state index in [0.717, 1.165) is 24.0 Å². The van der Waals surface area contributed by atoms with Gasteiger partial charge in [0.2, 0.25) is 0 Å². The maximum Gasteiger partial charge on any atom is 0.0252 e. The molecule has 2 aliphatic rings. The van der Waals surface area contributed by atoms with Crippen molar-refractivity contribution < 1.29 is 0 Å². The smallest absolute Gasteiger partial charge is 0.0252 e. The van der Waals surface area contributed by atoms with Crippen molar-refractivity contribution >= 4 is 0 Å². The van der Waals surface area contributed by atoms with Gasteiger partial charge in [-0.25, -0.2) is 0 Å². The lowest BCUT2D eigenvalue weighted by molar-refractivity contribution is 0.0684. The van der Waals surface area contributed by atoms with E-state index in [1.807, 2.05) is 0 Å². The molecule has 0 aromatic rings. The predicted molar refractivity (Wildman–Crippen MR) is 83.5 cm³/mol. The Bertz CT molecular complexity index is 277. The molecule has 0 aromatic carbocycles. The summed E-state index contributed by atoms with van der Waals surface area (Å²) in [4.78, 5) is 2.70. The van der Waals surface area contributed by atoms with Gasteiger partial charge in [0, 0.05) is 18.1 Å². The Morgan fingerprint density at radius 2 is 1.79 bits per heavy atom. The number of hydrogen-bond donors (Lipinski definition) is 1. The summed E-state index contributed by atoms with van der Waals surface area (Å²) in [5.74, 6) is 0.887. The molecule has 112 valence electrons. The maximum absolute atomic E-state index is 3.82. The summed E-state index contributed by atoms with van der Waals surface area (Å²) < 4.78 is 0. The van der Waals surface area contributed by atoms with E-state index in [9.17, 15) is 0 Å². The van der Waals surface area contributed by atoms with Crippen molar-refractivity contribution in [3.8, 4) is 0 Å². The van der Waals surface area contributed by atoms with E-state index in [-0.39, 0.29) is 0 Å². The van der Waals surface area contributed by atoms with Crippen molar-refractivity contribution in [3.05, 3.63) is 0 Å². The van der Waals surface area contributed by atoms with E-state index < -0.39 is 0 Å². The number of likely N-dealkylation sites (N-methyl/N-ethyl adjacent to an activating group) is 1. The topological polar surface area (TPSA) is 15.3 Å². The summed E-state index contributed by atoms with van der Waals surface area (Å²) in [6.45, 7) is 10.7. The van der Waals surface area contributed by atoms with Crippen LogP contribution in [0.5, 0.6) is 0 Å². The van der Waals surface area contributed by atoms with Crippen LogP contribution in [-0.4, -0.2) is 36.6 Å². The molecular weight excluding hydrogens is 232 g/mol. The third kappa shape index (κ3) is 3.95. The van der Waals surface area contributed by atoms with Gasteiger partial charge in [-0.15, -0.1) is 0 Å². The molecule has 0 aliphatic heterocycles. The second-order valence-corrected chi connectivity index (χ2v) is 7.90. The Labute approximate surface area is 120 Å². The molecule has 1 N–H and O–H groups in total. The van der Waals surface area contributed by atoms with Gasteiger partial charge in [0.15, 0.2) is 0 Å². The Balaban J connectivity index is 2.00. The lowest BCUT2D eigenvalue weighted by atomic mass is 9.69. The van der Waals surface area contributed by atoms with Gasteiger partial charge in [-0.3, -0.25) is 4.90 Å². The van der Waals surface area contributed by atoms with Crippen LogP contribution in [0.15, 0.2) is 0 Å². The number of rotatable bonds is 5. The third-order valence-electron chi connectivity index (χ3n) is 5.34. The zero-order valence-corrected chi connectivity index (χ0v) is 13.7. The maximum atomic E-state index is 3.82. The normalized spacial score (nSPS) is 32.8. The summed E-state index contributed by atoms with van der Waals surface area (Å²) in [6, 6.07) is 2.37.